The van der Waals surface area contributed by atoms with E-state index in [-0.39, 0.29) is 17.1 Å². The minimum atomic E-state index is -0.245. The van der Waals surface area contributed by atoms with Gasteiger partial charge in [-0.05, 0) is 97.6 Å². The number of nitrogens with zero attached hydrogens (tertiary/aromatic N) is 2. The quantitative estimate of drug-likeness (QED) is 0.711. The van der Waals surface area contributed by atoms with E-state index in [9.17, 15) is 14.0 Å². The first-order valence-corrected chi connectivity index (χ1v) is 11.8. The number of carbonyl (C=O) groups is 2. The number of ketones is 1. The van der Waals surface area contributed by atoms with E-state index >= 15 is 0 Å². The number of benzene rings is 1. The maximum absolute atomic E-state index is 13.8. The van der Waals surface area contributed by atoms with E-state index in [4.69, 9.17) is 0 Å². The van der Waals surface area contributed by atoms with Crippen LogP contribution in [0, 0.1) is 29.0 Å². The summed E-state index contributed by atoms with van der Waals surface area (Å²) in [7, 11) is 0. The number of amides is 1. The summed E-state index contributed by atoms with van der Waals surface area (Å²) in [6.07, 6.45) is 8.11. The van der Waals surface area contributed by atoms with Crippen molar-refractivity contribution in [3.8, 4) is 0 Å². The lowest BCUT2D eigenvalue weighted by Gasteiger charge is -2.50. The summed E-state index contributed by atoms with van der Waals surface area (Å²) in [6, 6.07) is 8.73. The number of nitrogens with one attached hydrogen (secondary N) is 1. The van der Waals surface area contributed by atoms with Gasteiger partial charge in [-0.25, -0.2) is 4.39 Å². The molecule has 1 aromatic carbocycles. The fraction of sp³-hybridized carbons (Fsp3) is 0.538. The lowest BCUT2D eigenvalue weighted by atomic mass is 9.54. The molecule has 3 aliphatic carbocycles. The Balaban J connectivity index is 1.28. The van der Waals surface area contributed by atoms with Crippen LogP contribution in [0.5, 0.6) is 0 Å². The standard InChI is InChI=1S/C26H30FN3O2/c1-26-12-11-20-19-10-8-18(27)14-16(19)7-9-21(20)25(26)17(15-22(26)31)4-2-6-24(32)29-23-5-3-13-28-30-23/h3,5,8,10,13-14,17,20-21,25H,2,4,6-7,9,11-12,15H2,1H3,(H,29,30,32)/t17-,20?,21?,25?,26-/m1/s1. The fourth-order valence-electron chi connectivity index (χ4n) is 6.97. The molecule has 168 valence electrons. The topological polar surface area (TPSA) is 72.0 Å². The molecule has 0 saturated heterocycles. The van der Waals surface area contributed by atoms with Crippen molar-refractivity contribution in [1.29, 1.82) is 0 Å². The number of halogens is 1. The predicted octanol–water partition coefficient (Wildman–Crippen LogP) is 5.08. The molecule has 1 N–H and O–H groups in total. The van der Waals surface area contributed by atoms with Crippen molar-refractivity contribution in [2.24, 2.45) is 23.2 Å². The lowest BCUT2D eigenvalue weighted by Crippen LogP contribution is -2.44. The number of Topliss-reactive ketones (excluding diaryl/α,β-unsaturated/α-hetero) is 1. The number of hydrogen-bond acceptors (Lipinski definition) is 4. The average molecular weight is 436 g/mol. The molecule has 32 heavy (non-hydrogen) atoms. The average Bonchev–Trinajstić information content (AvgIpc) is 3.04. The second-order valence-electron chi connectivity index (χ2n) is 10.1. The van der Waals surface area contributed by atoms with E-state index in [1.807, 2.05) is 6.07 Å². The molecule has 0 spiro atoms. The number of rotatable bonds is 5. The Morgan fingerprint density at radius 1 is 1.28 bits per heavy atom. The Bertz CT molecular complexity index is 1030. The van der Waals surface area contributed by atoms with E-state index < -0.39 is 0 Å². The van der Waals surface area contributed by atoms with Gasteiger partial charge in [0, 0.05) is 24.5 Å². The van der Waals surface area contributed by atoms with Crippen LogP contribution >= 0.6 is 0 Å². The highest BCUT2D eigenvalue weighted by atomic mass is 19.1. The van der Waals surface area contributed by atoms with Crippen molar-refractivity contribution >= 4 is 17.5 Å². The molecule has 0 aliphatic heterocycles. The molecule has 0 radical (unpaired) electrons. The van der Waals surface area contributed by atoms with Crippen molar-refractivity contribution in [3.63, 3.8) is 0 Å². The Morgan fingerprint density at radius 2 is 2.16 bits per heavy atom. The molecule has 5 atom stereocenters. The van der Waals surface area contributed by atoms with Gasteiger partial charge in [-0.2, -0.15) is 5.10 Å². The van der Waals surface area contributed by atoms with E-state index in [1.165, 1.54) is 5.56 Å². The Kier molecular flexibility index (Phi) is 5.56. The van der Waals surface area contributed by atoms with Crippen LogP contribution in [0.1, 0.15) is 68.9 Å². The Hall–Kier alpha value is -2.63. The number of aromatic nitrogens is 2. The summed E-state index contributed by atoms with van der Waals surface area (Å²) in [4.78, 5) is 25.4. The molecule has 2 saturated carbocycles. The van der Waals surface area contributed by atoms with Crippen molar-refractivity contribution in [2.75, 3.05) is 5.32 Å². The number of fused-ring (bicyclic) bond motifs is 5. The summed E-state index contributed by atoms with van der Waals surface area (Å²) in [5, 5.41) is 10.5. The zero-order valence-corrected chi connectivity index (χ0v) is 18.5. The second kappa shape index (κ2) is 8.38. The van der Waals surface area contributed by atoms with Crippen LogP contribution in [0.2, 0.25) is 0 Å². The van der Waals surface area contributed by atoms with Crippen molar-refractivity contribution < 1.29 is 14.0 Å². The second-order valence-corrected chi connectivity index (χ2v) is 10.1. The number of anilines is 1. The van der Waals surface area contributed by atoms with Crippen LogP contribution in [-0.4, -0.2) is 21.9 Å². The molecular weight excluding hydrogens is 405 g/mol. The fourth-order valence-corrected chi connectivity index (χ4v) is 6.97. The molecule has 3 unspecified atom stereocenters. The molecule has 5 nitrogen and oxygen atoms in total. The zero-order chi connectivity index (χ0) is 22.3. The van der Waals surface area contributed by atoms with Gasteiger partial charge in [0.25, 0.3) is 0 Å². The minimum Gasteiger partial charge on any atom is -0.309 e. The van der Waals surface area contributed by atoms with Crippen LogP contribution in [0.25, 0.3) is 0 Å². The number of hydrogen-bond donors (Lipinski definition) is 1. The summed E-state index contributed by atoms with van der Waals surface area (Å²) < 4.78 is 13.8. The van der Waals surface area contributed by atoms with Crippen LogP contribution in [0.3, 0.4) is 0 Å². The summed E-state index contributed by atoms with van der Waals surface area (Å²) in [5.41, 5.74) is 2.20. The molecule has 6 heteroatoms. The predicted molar refractivity (Wildman–Crippen MR) is 119 cm³/mol. The summed E-state index contributed by atoms with van der Waals surface area (Å²) in [6.45, 7) is 2.18. The van der Waals surface area contributed by atoms with Gasteiger partial charge < -0.3 is 5.32 Å². The third-order valence-electron chi connectivity index (χ3n) is 8.35. The maximum atomic E-state index is 13.8. The van der Waals surface area contributed by atoms with Gasteiger partial charge >= 0.3 is 0 Å². The molecule has 1 aromatic heterocycles. The van der Waals surface area contributed by atoms with Crippen molar-refractivity contribution in [2.45, 2.75) is 64.2 Å². The van der Waals surface area contributed by atoms with Gasteiger partial charge in [-0.3, -0.25) is 9.59 Å². The maximum Gasteiger partial charge on any atom is 0.225 e. The summed E-state index contributed by atoms with van der Waals surface area (Å²) in [5.74, 6) is 2.22. The van der Waals surface area contributed by atoms with Gasteiger partial charge in [0.15, 0.2) is 5.82 Å². The van der Waals surface area contributed by atoms with Gasteiger partial charge in [-0.1, -0.05) is 13.0 Å². The highest BCUT2D eigenvalue weighted by molar-refractivity contribution is 5.89. The van der Waals surface area contributed by atoms with E-state index in [0.29, 0.717) is 48.1 Å². The smallest absolute Gasteiger partial charge is 0.225 e. The first-order valence-electron chi connectivity index (χ1n) is 11.8. The lowest BCUT2D eigenvalue weighted by molar-refractivity contribution is -0.129. The van der Waals surface area contributed by atoms with Gasteiger partial charge in [0.1, 0.15) is 11.6 Å². The highest BCUT2D eigenvalue weighted by Gasteiger charge is 2.58. The molecule has 1 amide bonds. The Morgan fingerprint density at radius 3 is 2.97 bits per heavy atom. The molecule has 1 heterocycles. The zero-order valence-electron chi connectivity index (χ0n) is 18.5. The van der Waals surface area contributed by atoms with Gasteiger partial charge in [-0.15, -0.1) is 5.10 Å². The van der Waals surface area contributed by atoms with Crippen LogP contribution in [0.15, 0.2) is 36.5 Å². The Labute approximate surface area is 188 Å². The third kappa shape index (κ3) is 3.74. The molecule has 2 fully saturated rings. The molecule has 5 rings (SSSR count). The molecule has 3 aliphatic rings. The van der Waals surface area contributed by atoms with Gasteiger partial charge in [0.05, 0.1) is 0 Å². The molecule has 0 bridgehead atoms. The van der Waals surface area contributed by atoms with Crippen molar-refractivity contribution in [1.82, 2.24) is 10.2 Å². The van der Waals surface area contributed by atoms with Crippen LogP contribution < -0.4 is 5.32 Å². The van der Waals surface area contributed by atoms with Crippen LogP contribution in [-0.2, 0) is 16.0 Å². The highest BCUT2D eigenvalue weighted by Crippen LogP contribution is 2.62. The van der Waals surface area contributed by atoms with E-state index in [1.54, 1.807) is 30.5 Å². The first-order chi connectivity index (χ1) is 15.5. The number of aryl methyl sites for hydroxylation is 1. The number of carbonyl (C=O) groups excluding carboxylic acids is 2. The first kappa shape index (κ1) is 21.2. The monoisotopic (exact) mass is 435 g/mol. The summed E-state index contributed by atoms with van der Waals surface area (Å²) >= 11 is 0. The SMILES string of the molecule is C[C@]12CCC3c4ccc(F)cc4CCC3C1[C@H](CCCC(=O)Nc1cccnn1)CC2=O. The van der Waals surface area contributed by atoms with E-state index in [0.717, 1.165) is 44.1 Å². The molecular formula is C26H30FN3O2. The van der Waals surface area contributed by atoms with Crippen molar-refractivity contribution in [3.05, 3.63) is 53.5 Å². The minimum absolute atomic E-state index is 0.0623. The normalized spacial score (nSPS) is 30.9. The van der Waals surface area contributed by atoms with E-state index in [2.05, 4.69) is 22.4 Å². The third-order valence-corrected chi connectivity index (χ3v) is 8.35. The molecule has 2 aromatic rings. The van der Waals surface area contributed by atoms with Gasteiger partial charge in [0.2, 0.25) is 5.91 Å². The van der Waals surface area contributed by atoms with Crippen LogP contribution in [0.4, 0.5) is 10.2 Å². The largest absolute Gasteiger partial charge is 0.309 e.